The standard InChI is InChI=1S/C23H38N2O/c1-2-3-4-5-6-7-8-9-10-11-12-13-14-15-16-19-23(26)25-22-18-17-20-24-21-22/h9-10,17-18,20-21H,2-8,11-16,19H2,1H3,(H,25,26). The summed E-state index contributed by atoms with van der Waals surface area (Å²) in [6, 6.07) is 3.70. The molecule has 0 spiro atoms. The maximum atomic E-state index is 11.8. The predicted molar refractivity (Wildman–Crippen MR) is 112 cm³/mol. The number of carbonyl (C=O) groups excluding carboxylic acids is 1. The number of anilines is 1. The van der Waals surface area contributed by atoms with Crippen molar-refractivity contribution >= 4 is 11.6 Å². The summed E-state index contributed by atoms with van der Waals surface area (Å²) in [5.74, 6) is 0.0932. The molecule has 0 atom stereocenters. The van der Waals surface area contributed by atoms with Crippen molar-refractivity contribution in [3.63, 3.8) is 0 Å². The van der Waals surface area contributed by atoms with Crippen molar-refractivity contribution in [1.82, 2.24) is 4.98 Å². The number of rotatable bonds is 16. The Hall–Kier alpha value is -1.64. The Bertz CT molecular complexity index is 470. The Kier molecular flexibility index (Phi) is 14.5. The summed E-state index contributed by atoms with van der Waals surface area (Å²) in [5.41, 5.74) is 0.783. The summed E-state index contributed by atoms with van der Waals surface area (Å²) in [5, 5.41) is 2.88. The third-order valence-electron chi connectivity index (χ3n) is 4.61. The van der Waals surface area contributed by atoms with Gasteiger partial charge in [0.25, 0.3) is 0 Å². The minimum Gasteiger partial charge on any atom is -0.325 e. The zero-order valence-corrected chi connectivity index (χ0v) is 16.7. The van der Waals surface area contributed by atoms with Crippen molar-refractivity contribution in [3.8, 4) is 0 Å². The Balaban J connectivity index is 1.83. The molecule has 26 heavy (non-hydrogen) atoms. The van der Waals surface area contributed by atoms with Crippen LogP contribution in [0.5, 0.6) is 0 Å². The highest BCUT2D eigenvalue weighted by Crippen LogP contribution is 2.11. The van der Waals surface area contributed by atoms with Crippen LogP contribution in [0.2, 0.25) is 0 Å². The van der Waals surface area contributed by atoms with E-state index in [0.29, 0.717) is 6.42 Å². The van der Waals surface area contributed by atoms with E-state index in [1.165, 1.54) is 70.6 Å². The van der Waals surface area contributed by atoms with Crippen molar-refractivity contribution in [2.45, 2.75) is 96.8 Å². The van der Waals surface area contributed by atoms with Gasteiger partial charge < -0.3 is 5.32 Å². The normalized spacial score (nSPS) is 11.1. The largest absolute Gasteiger partial charge is 0.325 e. The predicted octanol–water partition coefficient (Wildman–Crippen LogP) is 7.06. The molecule has 0 radical (unpaired) electrons. The molecule has 0 unspecified atom stereocenters. The van der Waals surface area contributed by atoms with E-state index in [1.807, 2.05) is 12.1 Å². The molecule has 1 amide bonds. The minimum absolute atomic E-state index is 0.0932. The average molecular weight is 359 g/mol. The molecule has 146 valence electrons. The fourth-order valence-electron chi connectivity index (χ4n) is 3.02. The van der Waals surface area contributed by atoms with Gasteiger partial charge in [0.15, 0.2) is 0 Å². The first-order valence-corrected chi connectivity index (χ1v) is 10.7. The van der Waals surface area contributed by atoms with Crippen LogP contribution in [0.25, 0.3) is 0 Å². The molecule has 3 heteroatoms. The number of amides is 1. The smallest absolute Gasteiger partial charge is 0.224 e. The van der Waals surface area contributed by atoms with Gasteiger partial charge in [0.2, 0.25) is 5.91 Å². The van der Waals surface area contributed by atoms with E-state index >= 15 is 0 Å². The molecule has 0 saturated heterocycles. The first kappa shape index (κ1) is 22.4. The lowest BCUT2D eigenvalue weighted by molar-refractivity contribution is -0.116. The monoisotopic (exact) mass is 358 g/mol. The van der Waals surface area contributed by atoms with Gasteiger partial charge in [-0.2, -0.15) is 0 Å². The van der Waals surface area contributed by atoms with Crippen LogP contribution in [0.4, 0.5) is 5.69 Å². The summed E-state index contributed by atoms with van der Waals surface area (Å²) in [7, 11) is 0. The molecule has 0 saturated carbocycles. The molecule has 1 N–H and O–H groups in total. The van der Waals surface area contributed by atoms with Gasteiger partial charge in [0.05, 0.1) is 11.9 Å². The maximum absolute atomic E-state index is 11.8. The molecule has 1 aromatic heterocycles. The lowest BCUT2D eigenvalue weighted by Gasteiger charge is -2.04. The Morgan fingerprint density at radius 2 is 1.54 bits per heavy atom. The number of aromatic nitrogens is 1. The zero-order valence-electron chi connectivity index (χ0n) is 16.7. The van der Waals surface area contributed by atoms with E-state index in [4.69, 9.17) is 0 Å². The highest BCUT2D eigenvalue weighted by atomic mass is 16.1. The van der Waals surface area contributed by atoms with Crippen LogP contribution < -0.4 is 5.32 Å². The van der Waals surface area contributed by atoms with Crippen molar-refractivity contribution < 1.29 is 4.79 Å². The number of unbranched alkanes of at least 4 members (excludes halogenated alkanes) is 11. The molecule has 3 nitrogen and oxygen atoms in total. The van der Waals surface area contributed by atoms with Crippen LogP contribution in [0.3, 0.4) is 0 Å². The highest BCUT2D eigenvalue weighted by molar-refractivity contribution is 5.90. The number of nitrogens with one attached hydrogen (secondary N) is 1. The third-order valence-corrected chi connectivity index (χ3v) is 4.61. The minimum atomic E-state index is 0.0932. The van der Waals surface area contributed by atoms with Gasteiger partial charge in [-0.1, -0.05) is 70.4 Å². The van der Waals surface area contributed by atoms with Gasteiger partial charge in [-0.15, -0.1) is 0 Å². The van der Waals surface area contributed by atoms with E-state index in [2.05, 4.69) is 29.4 Å². The first-order chi connectivity index (χ1) is 12.8. The second-order valence-electron chi connectivity index (χ2n) is 7.12. The number of allylic oxidation sites excluding steroid dienone is 2. The van der Waals surface area contributed by atoms with Gasteiger partial charge in [-0.05, 0) is 44.2 Å². The quantitative estimate of drug-likeness (QED) is 0.254. The fourth-order valence-corrected chi connectivity index (χ4v) is 3.02. The molecule has 0 bridgehead atoms. The number of hydrogen-bond donors (Lipinski definition) is 1. The van der Waals surface area contributed by atoms with Crippen molar-refractivity contribution in [3.05, 3.63) is 36.7 Å². The van der Waals surface area contributed by atoms with Crippen LogP contribution in [-0.2, 0) is 4.79 Å². The van der Waals surface area contributed by atoms with E-state index < -0.39 is 0 Å². The van der Waals surface area contributed by atoms with E-state index in [1.54, 1.807) is 12.4 Å². The molecular formula is C23H38N2O. The Morgan fingerprint density at radius 1 is 0.923 bits per heavy atom. The highest BCUT2D eigenvalue weighted by Gasteiger charge is 2.01. The molecule has 0 aliphatic heterocycles. The SMILES string of the molecule is CCCCCCCCC=CCCCCCCCC(=O)Nc1cccnc1. The average Bonchev–Trinajstić information content (AvgIpc) is 2.65. The summed E-state index contributed by atoms with van der Waals surface area (Å²) in [6.45, 7) is 2.27. The number of carbonyl (C=O) groups is 1. The summed E-state index contributed by atoms with van der Waals surface area (Å²) >= 11 is 0. The maximum Gasteiger partial charge on any atom is 0.224 e. The molecule has 1 rings (SSSR count). The second-order valence-corrected chi connectivity index (χ2v) is 7.12. The second kappa shape index (κ2) is 16.8. The Labute approximate surface area is 160 Å². The van der Waals surface area contributed by atoms with Crippen LogP contribution >= 0.6 is 0 Å². The van der Waals surface area contributed by atoms with Crippen molar-refractivity contribution in [2.75, 3.05) is 5.32 Å². The molecule has 0 aliphatic carbocycles. The molecule has 0 aromatic carbocycles. The van der Waals surface area contributed by atoms with Crippen LogP contribution in [0.15, 0.2) is 36.7 Å². The zero-order chi connectivity index (χ0) is 18.7. The summed E-state index contributed by atoms with van der Waals surface area (Å²) < 4.78 is 0. The van der Waals surface area contributed by atoms with Crippen molar-refractivity contribution in [2.24, 2.45) is 0 Å². The third kappa shape index (κ3) is 13.6. The summed E-state index contributed by atoms with van der Waals surface area (Å²) in [4.78, 5) is 15.8. The molecule has 0 fully saturated rings. The van der Waals surface area contributed by atoms with Crippen LogP contribution in [0, 0.1) is 0 Å². The number of pyridine rings is 1. The summed E-state index contributed by atoms with van der Waals surface area (Å²) in [6.07, 6.45) is 25.3. The van der Waals surface area contributed by atoms with Crippen molar-refractivity contribution in [1.29, 1.82) is 0 Å². The first-order valence-electron chi connectivity index (χ1n) is 10.7. The van der Waals surface area contributed by atoms with Gasteiger partial charge in [-0.25, -0.2) is 0 Å². The van der Waals surface area contributed by atoms with Gasteiger partial charge in [0.1, 0.15) is 0 Å². The lowest BCUT2D eigenvalue weighted by Crippen LogP contribution is -2.11. The van der Waals surface area contributed by atoms with Crippen LogP contribution in [0.1, 0.15) is 96.8 Å². The van der Waals surface area contributed by atoms with Crippen LogP contribution in [-0.4, -0.2) is 10.9 Å². The molecule has 1 aromatic rings. The Morgan fingerprint density at radius 3 is 2.15 bits per heavy atom. The van der Waals surface area contributed by atoms with Gasteiger partial charge >= 0.3 is 0 Å². The van der Waals surface area contributed by atoms with E-state index in [9.17, 15) is 4.79 Å². The topological polar surface area (TPSA) is 42.0 Å². The fraction of sp³-hybridized carbons (Fsp3) is 0.652. The van der Waals surface area contributed by atoms with Gasteiger partial charge in [0, 0.05) is 12.6 Å². The molecule has 0 aliphatic rings. The number of nitrogens with zero attached hydrogens (tertiary/aromatic N) is 1. The molecular weight excluding hydrogens is 320 g/mol. The van der Waals surface area contributed by atoms with E-state index in [0.717, 1.165) is 18.5 Å². The van der Waals surface area contributed by atoms with Gasteiger partial charge in [-0.3, -0.25) is 9.78 Å². The molecule has 1 heterocycles. The van der Waals surface area contributed by atoms with E-state index in [-0.39, 0.29) is 5.91 Å². The lowest BCUT2D eigenvalue weighted by atomic mass is 10.1. The number of hydrogen-bond acceptors (Lipinski definition) is 2.